The zero-order valence-corrected chi connectivity index (χ0v) is 18.6. The topological polar surface area (TPSA) is 67.9 Å². The summed E-state index contributed by atoms with van der Waals surface area (Å²) < 4.78 is 12.4. The quantitative estimate of drug-likeness (QED) is 0.515. The highest BCUT2D eigenvalue weighted by Gasteiger charge is 2.23. The van der Waals surface area contributed by atoms with E-state index in [1.54, 1.807) is 10.6 Å². The molecule has 1 amide bonds. The Balaban J connectivity index is 1.41. The van der Waals surface area contributed by atoms with Gasteiger partial charge in [-0.25, -0.2) is 4.79 Å². The number of para-hydroxylation sites is 2. The lowest BCUT2D eigenvalue weighted by Crippen LogP contribution is -2.48. The largest absolute Gasteiger partial charge is 0.419 e. The molecule has 1 fully saturated rings. The number of benzene rings is 2. The number of amides is 1. The molecule has 170 valence electrons. The Bertz CT molecular complexity index is 1070. The molecule has 0 N–H and O–H groups in total. The van der Waals surface area contributed by atoms with Gasteiger partial charge in [0, 0.05) is 45.2 Å². The van der Waals surface area contributed by atoms with Crippen molar-refractivity contribution in [2.75, 3.05) is 32.8 Å². The molecule has 1 aromatic heterocycles. The molecule has 0 aliphatic carbocycles. The van der Waals surface area contributed by atoms with Crippen LogP contribution in [0.25, 0.3) is 11.1 Å². The Kier molecular flexibility index (Phi) is 7.39. The molecule has 1 aliphatic rings. The summed E-state index contributed by atoms with van der Waals surface area (Å²) in [6.07, 6.45) is 0.962. The highest BCUT2D eigenvalue weighted by molar-refractivity contribution is 5.76. The number of carbonyl (C=O) groups excluding carboxylic acids is 1. The number of carbonyl (C=O) groups is 1. The van der Waals surface area contributed by atoms with E-state index in [0.29, 0.717) is 31.5 Å². The minimum absolute atomic E-state index is 0.0817. The van der Waals surface area contributed by atoms with E-state index >= 15 is 0 Å². The van der Waals surface area contributed by atoms with Crippen molar-refractivity contribution < 1.29 is 13.9 Å². The maximum atomic E-state index is 13.3. The Morgan fingerprint density at radius 1 is 1.06 bits per heavy atom. The van der Waals surface area contributed by atoms with E-state index in [9.17, 15) is 9.59 Å². The lowest BCUT2D eigenvalue weighted by molar-refractivity contribution is -0.134. The van der Waals surface area contributed by atoms with Crippen LogP contribution >= 0.6 is 0 Å². The fourth-order valence-corrected chi connectivity index (χ4v) is 4.28. The van der Waals surface area contributed by atoms with E-state index in [2.05, 4.69) is 24.0 Å². The minimum atomic E-state index is -0.375. The zero-order chi connectivity index (χ0) is 22.3. The van der Waals surface area contributed by atoms with Crippen LogP contribution in [0.15, 0.2) is 63.8 Å². The van der Waals surface area contributed by atoms with E-state index < -0.39 is 0 Å². The average Bonchev–Trinajstić information content (AvgIpc) is 3.13. The molecule has 2 heterocycles. The van der Waals surface area contributed by atoms with Gasteiger partial charge in [0.15, 0.2) is 5.58 Å². The monoisotopic (exact) mass is 437 g/mol. The molecule has 1 saturated heterocycles. The van der Waals surface area contributed by atoms with Crippen LogP contribution in [0.5, 0.6) is 0 Å². The molecule has 7 nitrogen and oxygen atoms in total. The lowest BCUT2D eigenvalue weighted by Gasteiger charge is -2.35. The van der Waals surface area contributed by atoms with E-state index in [1.165, 1.54) is 0 Å². The molecule has 0 radical (unpaired) electrons. The van der Waals surface area contributed by atoms with Crippen LogP contribution in [0.2, 0.25) is 0 Å². The number of nitrogens with zero attached hydrogens (tertiary/aromatic N) is 3. The Labute approximate surface area is 188 Å². The van der Waals surface area contributed by atoms with Gasteiger partial charge in [-0.2, -0.15) is 0 Å². The molecule has 3 aromatic rings. The summed E-state index contributed by atoms with van der Waals surface area (Å²) in [7, 11) is 0. The van der Waals surface area contributed by atoms with Crippen LogP contribution < -0.4 is 5.76 Å². The molecule has 2 aromatic carbocycles. The van der Waals surface area contributed by atoms with Crippen LogP contribution in [0, 0.1) is 0 Å². The Morgan fingerprint density at radius 3 is 2.56 bits per heavy atom. The summed E-state index contributed by atoms with van der Waals surface area (Å²) in [4.78, 5) is 29.8. The van der Waals surface area contributed by atoms with Crippen molar-refractivity contribution in [2.24, 2.45) is 0 Å². The fourth-order valence-electron chi connectivity index (χ4n) is 4.28. The van der Waals surface area contributed by atoms with Crippen LogP contribution in [-0.2, 0) is 22.6 Å². The third kappa shape index (κ3) is 5.47. The van der Waals surface area contributed by atoms with Crippen molar-refractivity contribution in [2.45, 2.75) is 38.9 Å². The second kappa shape index (κ2) is 10.6. The number of rotatable bonds is 9. The third-order valence-electron chi connectivity index (χ3n) is 6.02. The first-order valence-electron chi connectivity index (χ1n) is 11.3. The van der Waals surface area contributed by atoms with Crippen molar-refractivity contribution in [3.63, 3.8) is 0 Å². The summed E-state index contributed by atoms with van der Waals surface area (Å²) in [5, 5.41) is 0. The molecule has 0 bridgehead atoms. The van der Waals surface area contributed by atoms with Gasteiger partial charge in [0.2, 0.25) is 5.91 Å². The van der Waals surface area contributed by atoms with E-state index in [0.717, 1.165) is 43.9 Å². The van der Waals surface area contributed by atoms with Gasteiger partial charge in [0.25, 0.3) is 0 Å². The van der Waals surface area contributed by atoms with Crippen LogP contribution in [0.4, 0.5) is 0 Å². The van der Waals surface area contributed by atoms with Gasteiger partial charge >= 0.3 is 5.76 Å². The minimum Gasteiger partial charge on any atom is -0.408 e. The van der Waals surface area contributed by atoms with Gasteiger partial charge in [-0.1, -0.05) is 42.5 Å². The standard InChI is InChI=1S/C25H31N3O4/c1-20(18-26-14-16-31-17-15-26)28(19-21-8-3-2-4-9-21)24(29)12-7-13-27-22-10-5-6-11-23(22)32-25(27)30/h2-6,8-11,20H,7,12-19H2,1H3. The summed E-state index contributed by atoms with van der Waals surface area (Å²) in [5.41, 5.74) is 2.46. The predicted octanol–water partition coefficient (Wildman–Crippen LogP) is 3.12. The van der Waals surface area contributed by atoms with Gasteiger partial charge < -0.3 is 14.1 Å². The number of ether oxygens (including phenoxy) is 1. The number of aromatic nitrogens is 1. The molecule has 0 spiro atoms. The fraction of sp³-hybridized carbons (Fsp3) is 0.440. The first kappa shape index (κ1) is 22.3. The van der Waals surface area contributed by atoms with Gasteiger partial charge in [-0.3, -0.25) is 14.3 Å². The summed E-state index contributed by atoms with van der Waals surface area (Å²) in [5.74, 6) is -0.268. The molecule has 1 aliphatic heterocycles. The van der Waals surface area contributed by atoms with Crippen molar-refractivity contribution in [1.82, 2.24) is 14.4 Å². The van der Waals surface area contributed by atoms with Gasteiger partial charge in [-0.15, -0.1) is 0 Å². The summed E-state index contributed by atoms with van der Waals surface area (Å²) in [6.45, 7) is 7.26. The molecule has 1 unspecified atom stereocenters. The number of morpholine rings is 1. The maximum Gasteiger partial charge on any atom is 0.419 e. The highest BCUT2D eigenvalue weighted by Crippen LogP contribution is 2.15. The first-order valence-corrected chi connectivity index (χ1v) is 11.3. The molecule has 32 heavy (non-hydrogen) atoms. The number of fused-ring (bicyclic) bond motifs is 1. The summed E-state index contributed by atoms with van der Waals surface area (Å²) >= 11 is 0. The number of hydrogen-bond donors (Lipinski definition) is 0. The van der Waals surface area contributed by atoms with Crippen LogP contribution in [0.3, 0.4) is 0 Å². The van der Waals surface area contributed by atoms with Crippen LogP contribution in [-0.4, -0.2) is 59.2 Å². The normalized spacial score (nSPS) is 15.7. The molecule has 7 heteroatoms. The maximum absolute atomic E-state index is 13.3. The molecular weight excluding hydrogens is 406 g/mol. The van der Waals surface area contributed by atoms with Crippen molar-refractivity contribution >= 4 is 17.0 Å². The van der Waals surface area contributed by atoms with Gasteiger partial charge in [-0.05, 0) is 31.0 Å². The van der Waals surface area contributed by atoms with Crippen molar-refractivity contribution in [1.29, 1.82) is 0 Å². The Morgan fingerprint density at radius 2 is 1.78 bits per heavy atom. The summed E-state index contributed by atoms with van der Waals surface area (Å²) in [6, 6.07) is 17.6. The molecule has 4 rings (SSSR count). The average molecular weight is 438 g/mol. The van der Waals surface area contributed by atoms with E-state index in [-0.39, 0.29) is 17.7 Å². The number of aryl methyl sites for hydroxylation is 1. The molecular formula is C25H31N3O4. The van der Waals surface area contributed by atoms with Crippen LogP contribution in [0.1, 0.15) is 25.3 Å². The second-order valence-corrected chi connectivity index (χ2v) is 8.36. The first-order chi connectivity index (χ1) is 15.6. The molecule has 1 atom stereocenters. The molecule has 0 saturated carbocycles. The number of hydrogen-bond acceptors (Lipinski definition) is 5. The third-order valence-corrected chi connectivity index (χ3v) is 6.02. The zero-order valence-electron chi connectivity index (χ0n) is 18.6. The SMILES string of the molecule is CC(CN1CCOCC1)N(Cc1ccccc1)C(=O)CCCn1c(=O)oc2ccccc21. The lowest BCUT2D eigenvalue weighted by atomic mass is 10.1. The smallest absolute Gasteiger partial charge is 0.408 e. The van der Waals surface area contributed by atoms with Crippen molar-refractivity contribution in [3.8, 4) is 0 Å². The van der Waals surface area contributed by atoms with E-state index in [4.69, 9.17) is 9.15 Å². The van der Waals surface area contributed by atoms with Gasteiger partial charge in [0.1, 0.15) is 0 Å². The number of oxazole rings is 1. The predicted molar refractivity (Wildman–Crippen MR) is 123 cm³/mol. The highest BCUT2D eigenvalue weighted by atomic mass is 16.5. The Hall–Kier alpha value is -2.90. The van der Waals surface area contributed by atoms with E-state index in [1.807, 2.05) is 41.3 Å². The van der Waals surface area contributed by atoms with Crippen molar-refractivity contribution in [3.05, 3.63) is 70.7 Å². The van der Waals surface area contributed by atoms with Gasteiger partial charge in [0.05, 0.1) is 18.7 Å². The second-order valence-electron chi connectivity index (χ2n) is 8.36.